The van der Waals surface area contributed by atoms with Gasteiger partial charge in [0.1, 0.15) is 10.6 Å². The molecule has 0 aliphatic heterocycles. The van der Waals surface area contributed by atoms with Gasteiger partial charge >= 0.3 is 0 Å². The van der Waals surface area contributed by atoms with Gasteiger partial charge in [0.05, 0.1) is 6.61 Å². The SMILES string of the molecule is CCOc1ccc(C2(C)CC2)cc1S(N)(=O)=O. The van der Waals surface area contributed by atoms with Crippen LogP contribution in [0.2, 0.25) is 0 Å². The minimum Gasteiger partial charge on any atom is -0.492 e. The zero-order valence-corrected chi connectivity index (χ0v) is 10.9. The summed E-state index contributed by atoms with van der Waals surface area (Å²) in [6, 6.07) is 5.27. The molecule has 1 saturated carbocycles. The van der Waals surface area contributed by atoms with Crippen LogP contribution in [0, 0.1) is 0 Å². The minimum atomic E-state index is -3.74. The third kappa shape index (κ3) is 2.45. The van der Waals surface area contributed by atoms with Crippen molar-refractivity contribution >= 4 is 10.0 Å². The number of nitrogens with two attached hydrogens (primary N) is 1. The molecule has 0 amide bonds. The van der Waals surface area contributed by atoms with E-state index in [1.807, 2.05) is 13.0 Å². The fourth-order valence-electron chi connectivity index (χ4n) is 1.86. The molecule has 94 valence electrons. The highest BCUT2D eigenvalue weighted by Crippen LogP contribution is 2.48. The second-order valence-corrected chi connectivity index (χ2v) is 6.23. The lowest BCUT2D eigenvalue weighted by Crippen LogP contribution is -2.15. The Kier molecular flexibility index (Phi) is 2.91. The Labute approximate surface area is 102 Å². The Morgan fingerprint density at radius 3 is 2.53 bits per heavy atom. The number of hydrogen-bond acceptors (Lipinski definition) is 3. The van der Waals surface area contributed by atoms with Crippen molar-refractivity contribution in [3.05, 3.63) is 23.8 Å². The number of ether oxygens (including phenoxy) is 1. The predicted octanol–water partition coefficient (Wildman–Crippen LogP) is 1.78. The molecule has 1 aliphatic carbocycles. The summed E-state index contributed by atoms with van der Waals surface area (Å²) in [5, 5.41) is 5.21. The van der Waals surface area contributed by atoms with E-state index >= 15 is 0 Å². The normalized spacial score (nSPS) is 17.8. The van der Waals surface area contributed by atoms with E-state index in [1.165, 1.54) is 0 Å². The lowest BCUT2D eigenvalue weighted by molar-refractivity contribution is 0.331. The summed E-state index contributed by atoms with van der Waals surface area (Å²) in [6.45, 7) is 4.35. The smallest absolute Gasteiger partial charge is 0.241 e. The zero-order chi connectivity index (χ0) is 12.7. The number of hydrogen-bond donors (Lipinski definition) is 1. The molecule has 2 N–H and O–H groups in total. The van der Waals surface area contributed by atoms with Crippen LogP contribution in [0.15, 0.2) is 23.1 Å². The summed E-state index contributed by atoms with van der Waals surface area (Å²) in [5.41, 5.74) is 1.13. The molecule has 0 spiro atoms. The first-order valence-electron chi connectivity index (χ1n) is 5.67. The van der Waals surface area contributed by atoms with E-state index in [2.05, 4.69) is 6.92 Å². The Bertz CT molecular complexity index is 533. The lowest BCUT2D eigenvalue weighted by Gasteiger charge is -2.13. The molecule has 0 radical (unpaired) electrons. The Hall–Kier alpha value is -1.07. The summed E-state index contributed by atoms with van der Waals surface area (Å²) in [6.07, 6.45) is 2.18. The first-order chi connectivity index (χ1) is 7.87. The average Bonchev–Trinajstić information content (AvgIpc) is 2.97. The van der Waals surface area contributed by atoms with Crippen molar-refractivity contribution in [3.63, 3.8) is 0 Å². The molecule has 0 bridgehead atoms. The molecule has 4 nitrogen and oxygen atoms in total. The van der Waals surface area contributed by atoms with Gasteiger partial charge in [0, 0.05) is 0 Å². The molecule has 17 heavy (non-hydrogen) atoms. The topological polar surface area (TPSA) is 69.4 Å². The maximum atomic E-state index is 11.5. The van der Waals surface area contributed by atoms with Gasteiger partial charge in [-0.25, -0.2) is 13.6 Å². The molecule has 0 atom stereocenters. The summed E-state index contributed by atoms with van der Waals surface area (Å²) in [4.78, 5) is 0.0879. The fraction of sp³-hybridized carbons (Fsp3) is 0.500. The van der Waals surface area contributed by atoms with Crippen LogP contribution in [-0.2, 0) is 15.4 Å². The van der Waals surface area contributed by atoms with Gasteiger partial charge < -0.3 is 4.74 Å². The predicted molar refractivity (Wildman–Crippen MR) is 65.6 cm³/mol. The third-order valence-electron chi connectivity index (χ3n) is 3.25. The summed E-state index contributed by atoms with van der Waals surface area (Å²) >= 11 is 0. The Balaban J connectivity index is 2.50. The minimum absolute atomic E-state index is 0.0879. The van der Waals surface area contributed by atoms with E-state index in [-0.39, 0.29) is 10.3 Å². The van der Waals surface area contributed by atoms with Crippen LogP contribution in [0.4, 0.5) is 0 Å². The highest BCUT2D eigenvalue weighted by atomic mass is 32.2. The van der Waals surface area contributed by atoms with Crippen LogP contribution in [0.5, 0.6) is 5.75 Å². The second kappa shape index (κ2) is 3.99. The molecular formula is C12H17NO3S. The maximum absolute atomic E-state index is 11.5. The molecule has 1 aliphatic rings. The third-order valence-corrected chi connectivity index (χ3v) is 4.18. The molecule has 0 unspecified atom stereocenters. The molecule has 1 fully saturated rings. The molecule has 1 aromatic carbocycles. The number of sulfonamides is 1. The quantitative estimate of drug-likeness (QED) is 0.891. The van der Waals surface area contributed by atoms with Crippen molar-refractivity contribution in [1.29, 1.82) is 0 Å². The van der Waals surface area contributed by atoms with Crippen molar-refractivity contribution in [1.82, 2.24) is 0 Å². The fourth-order valence-corrected chi connectivity index (χ4v) is 2.56. The van der Waals surface area contributed by atoms with Gasteiger partial charge in [-0.05, 0) is 42.9 Å². The van der Waals surface area contributed by atoms with Gasteiger partial charge in [0.2, 0.25) is 10.0 Å². The highest BCUT2D eigenvalue weighted by molar-refractivity contribution is 7.89. The van der Waals surface area contributed by atoms with Crippen LogP contribution in [-0.4, -0.2) is 15.0 Å². The first kappa shape index (κ1) is 12.4. The van der Waals surface area contributed by atoms with Crippen molar-refractivity contribution in [2.75, 3.05) is 6.61 Å². The van der Waals surface area contributed by atoms with Crippen molar-refractivity contribution in [2.24, 2.45) is 5.14 Å². The molecule has 0 saturated heterocycles. The molecule has 2 rings (SSSR count). The molecule has 5 heteroatoms. The van der Waals surface area contributed by atoms with E-state index in [9.17, 15) is 8.42 Å². The standard InChI is InChI=1S/C12H17NO3S/c1-3-16-10-5-4-9(12(2)6-7-12)8-11(10)17(13,14)15/h4-5,8H,3,6-7H2,1-2H3,(H2,13,14,15). The monoisotopic (exact) mass is 255 g/mol. The Morgan fingerprint density at radius 1 is 1.41 bits per heavy atom. The van der Waals surface area contributed by atoms with Gasteiger partial charge in [-0.15, -0.1) is 0 Å². The molecular weight excluding hydrogens is 238 g/mol. The molecule has 0 aromatic heterocycles. The van der Waals surface area contributed by atoms with Crippen molar-refractivity contribution in [3.8, 4) is 5.75 Å². The van der Waals surface area contributed by atoms with Crippen LogP contribution >= 0.6 is 0 Å². The van der Waals surface area contributed by atoms with Gasteiger partial charge in [-0.3, -0.25) is 0 Å². The van der Waals surface area contributed by atoms with E-state index in [0.29, 0.717) is 12.4 Å². The summed E-state index contributed by atoms with van der Waals surface area (Å²) in [5.74, 6) is 0.336. The largest absolute Gasteiger partial charge is 0.492 e. The van der Waals surface area contributed by atoms with Gasteiger partial charge in [-0.1, -0.05) is 13.0 Å². The highest BCUT2D eigenvalue weighted by Gasteiger charge is 2.39. The molecule has 1 aromatic rings. The van der Waals surface area contributed by atoms with Gasteiger partial charge in [-0.2, -0.15) is 0 Å². The van der Waals surface area contributed by atoms with E-state index < -0.39 is 10.0 Å². The van der Waals surface area contributed by atoms with Crippen LogP contribution in [0.25, 0.3) is 0 Å². The number of primary sulfonamides is 1. The average molecular weight is 255 g/mol. The summed E-state index contributed by atoms with van der Waals surface area (Å²) < 4.78 is 28.3. The van der Waals surface area contributed by atoms with Gasteiger partial charge in [0.25, 0.3) is 0 Å². The maximum Gasteiger partial charge on any atom is 0.241 e. The summed E-state index contributed by atoms with van der Waals surface area (Å²) in [7, 11) is -3.74. The van der Waals surface area contributed by atoms with E-state index in [0.717, 1.165) is 18.4 Å². The lowest BCUT2D eigenvalue weighted by atomic mass is 9.98. The van der Waals surface area contributed by atoms with Crippen molar-refractivity contribution in [2.45, 2.75) is 37.0 Å². The van der Waals surface area contributed by atoms with E-state index in [4.69, 9.17) is 9.88 Å². The van der Waals surface area contributed by atoms with Crippen LogP contribution in [0.3, 0.4) is 0 Å². The van der Waals surface area contributed by atoms with Gasteiger partial charge in [0.15, 0.2) is 0 Å². The van der Waals surface area contributed by atoms with Crippen LogP contribution < -0.4 is 9.88 Å². The Morgan fingerprint density at radius 2 is 2.06 bits per heavy atom. The number of benzene rings is 1. The van der Waals surface area contributed by atoms with Crippen LogP contribution in [0.1, 0.15) is 32.3 Å². The zero-order valence-electron chi connectivity index (χ0n) is 10.1. The number of rotatable bonds is 4. The van der Waals surface area contributed by atoms with E-state index in [1.54, 1.807) is 12.1 Å². The molecule has 0 heterocycles. The van der Waals surface area contributed by atoms with Crippen molar-refractivity contribution < 1.29 is 13.2 Å². The second-order valence-electron chi connectivity index (χ2n) is 4.70. The first-order valence-corrected chi connectivity index (χ1v) is 7.21.